The Kier molecular flexibility index (Phi) is 6.65. The summed E-state index contributed by atoms with van der Waals surface area (Å²) in [6.07, 6.45) is 1.98. The molecule has 6 heteroatoms. The van der Waals surface area contributed by atoms with Gasteiger partial charge in [-0.25, -0.2) is 4.79 Å². The van der Waals surface area contributed by atoms with E-state index in [1.54, 1.807) is 29.2 Å². The highest BCUT2D eigenvalue weighted by molar-refractivity contribution is 6.03. The van der Waals surface area contributed by atoms with Crippen molar-refractivity contribution in [3.05, 3.63) is 59.7 Å². The Labute approximate surface area is 170 Å². The van der Waals surface area contributed by atoms with Gasteiger partial charge < -0.3 is 15.0 Å². The SMILES string of the molecule is CCCCOC(=O)c1ccc(NC(=O)[C@@H]2CC(=O)N(c3cccc(C)c3)C2)cc1. The number of carbonyl (C=O) groups is 3. The van der Waals surface area contributed by atoms with E-state index in [0.717, 1.165) is 24.1 Å². The molecule has 29 heavy (non-hydrogen) atoms. The van der Waals surface area contributed by atoms with Gasteiger partial charge in [-0.15, -0.1) is 0 Å². The molecule has 0 saturated carbocycles. The number of aryl methyl sites for hydroxylation is 1. The molecule has 1 saturated heterocycles. The number of benzene rings is 2. The lowest BCUT2D eigenvalue weighted by atomic mass is 10.1. The van der Waals surface area contributed by atoms with Crippen molar-refractivity contribution in [2.45, 2.75) is 33.1 Å². The fourth-order valence-electron chi connectivity index (χ4n) is 3.26. The quantitative estimate of drug-likeness (QED) is 0.570. The number of hydrogen-bond donors (Lipinski definition) is 1. The van der Waals surface area contributed by atoms with Gasteiger partial charge in [-0.1, -0.05) is 25.5 Å². The van der Waals surface area contributed by atoms with E-state index in [1.165, 1.54) is 0 Å². The lowest BCUT2D eigenvalue weighted by molar-refractivity contribution is -0.122. The second-order valence-corrected chi connectivity index (χ2v) is 7.30. The Morgan fingerprint density at radius 2 is 1.93 bits per heavy atom. The molecule has 2 aromatic rings. The number of unbranched alkanes of at least 4 members (excludes halogenated alkanes) is 1. The van der Waals surface area contributed by atoms with E-state index < -0.39 is 5.92 Å². The molecule has 1 aliphatic heterocycles. The fraction of sp³-hybridized carbons (Fsp3) is 0.348. The summed E-state index contributed by atoms with van der Waals surface area (Å²) in [7, 11) is 0. The smallest absolute Gasteiger partial charge is 0.338 e. The van der Waals surface area contributed by atoms with E-state index in [-0.39, 0.29) is 24.2 Å². The zero-order valence-corrected chi connectivity index (χ0v) is 16.8. The summed E-state index contributed by atoms with van der Waals surface area (Å²) in [6.45, 7) is 4.76. The lowest BCUT2D eigenvalue weighted by Crippen LogP contribution is -2.28. The topological polar surface area (TPSA) is 75.7 Å². The molecule has 1 atom stereocenters. The first-order chi connectivity index (χ1) is 14.0. The number of amides is 2. The van der Waals surface area contributed by atoms with Gasteiger partial charge in [0.05, 0.1) is 18.1 Å². The van der Waals surface area contributed by atoms with Crippen LogP contribution >= 0.6 is 0 Å². The molecule has 1 heterocycles. The number of ether oxygens (including phenoxy) is 1. The summed E-state index contributed by atoms with van der Waals surface area (Å²) in [4.78, 5) is 38.6. The van der Waals surface area contributed by atoms with Crippen LogP contribution < -0.4 is 10.2 Å². The lowest BCUT2D eigenvalue weighted by Gasteiger charge is -2.17. The minimum absolute atomic E-state index is 0.0547. The number of hydrogen-bond acceptors (Lipinski definition) is 4. The number of carbonyl (C=O) groups excluding carboxylic acids is 3. The highest BCUT2D eigenvalue weighted by atomic mass is 16.5. The number of nitrogens with zero attached hydrogens (tertiary/aromatic N) is 1. The normalized spacial score (nSPS) is 16.0. The molecular formula is C23H26N2O4. The Bertz CT molecular complexity index is 892. The van der Waals surface area contributed by atoms with E-state index in [4.69, 9.17) is 4.74 Å². The minimum atomic E-state index is -0.415. The maximum Gasteiger partial charge on any atom is 0.338 e. The van der Waals surface area contributed by atoms with Crippen LogP contribution in [0.1, 0.15) is 42.1 Å². The van der Waals surface area contributed by atoms with Crippen LogP contribution in [0.3, 0.4) is 0 Å². The van der Waals surface area contributed by atoms with Crippen molar-refractivity contribution >= 4 is 29.2 Å². The number of rotatable bonds is 7. The Morgan fingerprint density at radius 3 is 2.62 bits per heavy atom. The van der Waals surface area contributed by atoms with Gasteiger partial charge in [0.25, 0.3) is 0 Å². The standard InChI is InChI=1S/C23H26N2O4/c1-3-4-12-29-23(28)17-8-10-19(11-9-17)24-22(27)18-14-21(26)25(15-18)20-7-5-6-16(2)13-20/h5-11,13,18H,3-4,12,14-15H2,1-2H3,(H,24,27)/t18-/m1/s1. The number of esters is 1. The van der Waals surface area contributed by atoms with Crippen LogP contribution in [-0.2, 0) is 14.3 Å². The van der Waals surface area contributed by atoms with Crippen LogP contribution in [0.25, 0.3) is 0 Å². The summed E-state index contributed by atoms with van der Waals surface area (Å²) in [5, 5.41) is 2.84. The first-order valence-corrected chi connectivity index (χ1v) is 9.93. The van der Waals surface area contributed by atoms with Gasteiger partial charge in [0.1, 0.15) is 0 Å². The predicted molar refractivity (Wildman–Crippen MR) is 112 cm³/mol. The van der Waals surface area contributed by atoms with Gasteiger partial charge in [-0.05, 0) is 55.3 Å². The van der Waals surface area contributed by atoms with Crippen molar-refractivity contribution in [3.8, 4) is 0 Å². The second-order valence-electron chi connectivity index (χ2n) is 7.30. The predicted octanol–water partition coefficient (Wildman–Crippen LogP) is 3.94. The van der Waals surface area contributed by atoms with E-state index in [1.807, 2.05) is 38.1 Å². The molecule has 2 aromatic carbocycles. The zero-order valence-electron chi connectivity index (χ0n) is 16.8. The molecule has 0 spiro atoms. The third-order valence-corrected chi connectivity index (χ3v) is 4.93. The molecule has 1 N–H and O–H groups in total. The maximum absolute atomic E-state index is 12.6. The third-order valence-electron chi connectivity index (χ3n) is 4.93. The molecule has 1 aliphatic rings. The van der Waals surface area contributed by atoms with Crippen LogP contribution in [-0.4, -0.2) is 30.9 Å². The third kappa shape index (κ3) is 5.22. The van der Waals surface area contributed by atoms with Gasteiger partial charge in [-0.3, -0.25) is 9.59 Å². The largest absolute Gasteiger partial charge is 0.462 e. The van der Waals surface area contributed by atoms with Gasteiger partial charge in [0.2, 0.25) is 11.8 Å². The van der Waals surface area contributed by atoms with Crippen LogP contribution in [0.4, 0.5) is 11.4 Å². The van der Waals surface area contributed by atoms with Gasteiger partial charge in [-0.2, -0.15) is 0 Å². The number of anilines is 2. The summed E-state index contributed by atoms with van der Waals surface area (Å²) in [5.74, 6) is -1.04. The van der Waals surface area contributed by atoms with Crippen molar-refractivity contribution in [2.24, 2.45) is 5.92 Å². The van der Waals surface area contributed by atoms with E-state index in [0.29, 0.717) is 24.4 Å². The molecule has 0 aliphatic carbocycles. The molecule has 152 valence electrons. The van der Waals surface area contributed by atoms with Crippen LogP contribution in [0.15, 0.2) is 48.5 Å². The molecule has 3 rings (SSSR count). The minimum Gasteiger partial charge on any atom is -0.462 e. The van der Waals surface area contributed by atoms with Crippen molar-refractivity contribution in [3.63, 3.8) is 0 Å². The molecule has 6 nitrogen and oxygen atoms in total. The Balaban J connectivity index is 1.58. The molecule has 0 unspecified atom stereocenters. The second kappa shape index (κ2) is 9.37. The first-order valence-electron chi connectivity index (χ1n) is 9.93. The highest BCUT2D eigenvalue weighted by Gasteiger charge is 2.35. The molecular weight excluding hydrogens is 368 g/mol. The van der Waals surface area contributed by atoms with E-state index in [2.05, 4.69) is 5.32 Å². The van der Waals surface area contributed by atoms with Crippen LogP contribution in [0, 0.1) is 12.8 Å². The van der Waals surface area contributed by atoms with Crippen molar-refractivity contribution < 1.29 is 19.1 Å². The summed E-state index contributed by atoms with van der Waals surface area (Å²) < 4.78 is 5.18. The maximum atomic E-state index is 12.6. The van der Waals surface area contributed by atoms with E-state index in [9.17, 15) is 14.4 Å². The van der Waals surface area contributed by atoms with Crippen molar-refractivity contribution in [1.29, 1.82) is 0 Å². The Morgan fingerprint density at radius 1 is 1.17 bits per heavy atom. The Hall–Kier alpha value is -3.15. The average molecular weight is 394 g/mol. The molecule has 0 bridgehead atoms. The summed E-state index contributed by atoms with van der Waals surface area (Å²) in [6, 6.07) is 14.3. The molecule has 0 radical (unpaired) electrons. The van der Waals surface area contributed by atoms with E-state index >= 15 is 0 Å². The summed E-state index contributed by atoms with van der Waals surface area (Å²) in [5.41, 5.74) is 2.91. The molecule has 0 aromatic heterocycles. The molecule has 2 amide bonds. The fourth-order valence-corrected chi connectivity index (χ4v) is 3.26. The van der Waals surface area contributed by atoms with Gasteiger partial charge >= 0.3 is 5.97 Å². The number of nitrogens with one attached hydrogen (secondary N) is 1. The monoisotopic (exact) mass is 394 g/mol. The van der Waals surface area contributed by atoms with Gasteiger partial charge in [0.15, 0.2) is 0 Å². The highest BCUT2D eigenvalue weighted by Crippen LogP contribution is 2.26. The van der Waals surface area contributed by atoms with Gasteiger partial charge in [0, 0.05) is 24.3 Å². The zero-order chi connectivity index (χ0) is 20.8. The first kappa shape index (κ1) is 20.6. The van der Waals surface area contributed by atoms with Crippen molar-refractivity contribution in [1.82, 2.24) is 0 Å². The van der Waals surface area contributed by atoms with Crippen LogP contribution in [0.5, 0.6) is 0 Å². The summed E-state index contributed by atoms with van der Waals surface area (Å²) >= 11 is 0. The average Bonchev–Trinajstić information content (AvgIpc) is 3.10. The molecule has 1 fully saturated rings. The van der Waals surface area contributed by atoms with Crippen LogP contribution in [0.2, 0.25) is 0 Å². The van der Waals surface area contributed by atoms with Crippen molar-refractivity contribution in [2.75, 3.05) is 23.4 Å².